The standard InChI is InChI=1S/C13H19N3O2S.2C2HF3O2/c1-19(17,18)16-9-5-12-13(16)4-8-15(12)10-11-2-6-14-7-3-11;2*3-2(4,5)1(6)7/h2-3,6-7,12-13H,4-5,8-10H2,1H3;2*(H,6,7)/t12-,13+;;/m1../s1. The lowest BCUT2D eigenvalue weighted by Crippen LogP contribution is -2.38. The Hall–Kier alpha value is -2.46. The van der Waals surface area contributed by atoms with E-state index in [4.69, 9.17) is 19.8 Å². The molecule has 9 nitrogen and oxygen atoms in total. The van der Waals surface area contributed by atoms with Gasteiger partial charge >= 0.3 is 24.3 Å². The van der Waals surface area contributed by atoms with Crippen molar-refractivity contribution >= 4 is 22.0 Å². The van der Waals surface area contributed by atoms with Crippen LogP contribution in [0.1, 0.15) is 18.4 Å². The second-order valence-electron chi connectivity index (χ2n) is 7.02. The van der Waals surface area contributed by atoms with E-state index in [0.29, 0.717) is 12.6 Å². The highest BCUT2D eigenvalue weighted by Gasteiger charge is 2.45. The highest BCUT2D eigenvalue weighted by Crippen LogP contribution is 2.33. The van der Waals surface area contributed by atoms with E-state index in [1.165, 1.54) is 11.8 Å². The van der Waals surface area contributed by atoms with Crippen molar-refractivity contribution in [2.75, 3.05) is 19.3 Å². The molecule has 0 unspecified atom stereocenters. The van der Waals surface area contributed by atoms with Gasteiger partial charge in [0.25, 0.3) is 0 Å². The summed E-state index contributed by atoms with van der Waals surface area (Å²) < 4.78 is 88.6. The van der Waals surface area contributed by atoms with Gasteiger partial charge in [-0.2, -0.15) is 30.6 Å². The molecule has 1 aromatic rings. The van der Waals surface area contributed by atoms with Crippen molar-refractivity contribution < 1.29 is 54.6 Å². The third-order valence-corrected chi connectivity index (χ3v) is 5.99. The quantitative estimate of drug-likeness (QED) is 0.592. The van der Waals surface area contributed by atoms with E-state index in [1.807, 2.05) is 12.1 Å². The van der Waals surface area contributed by atoms with Gasteiger partial charge in [-0.25, -0.2) is 18.0 Å². The van der Waals surface area contributed by atoms with Crippen LogP contribution in [-0.4, -0.2) is 88.5 Å². The van der Waals surface area contributed by atoms with E-state index in [-0.39, 0.29) is 6.04 Å². The van der Waals surface area contributed by atoms with Crippen LogP contribution in [0.15, 0.2) is 24.5 Å². The Labute approximate surface area is 184 Å². The van der Waals surface area contributed by atoms with Gasteiger partial charge in [-0.3, -0.25) is 9.88 Å². The van der Waals surface area contributed by atoms with Crippen LogP contribution in [0.4, 0.5) is 26.3 Å². The monoisotopic (exact) mass is 509 g/mol. The number of hydrogen-bond acceptors (Lipinski definition) is 6. The molecule has 188 valence electrons. The third kappa shape index (κ3) is 9.13. The molecule has 2 atom stereocenters. The lowest BCUT2D eigenvalue weighted by atomic mass is 10.1. The molecule has 2 aliphatic rings. The summed E-state index contributed by atoms with van der Waals surface area (Å²) in [6, 6.07) is 4.60. The van der Waals surface area contributed by atoms with E-state index in [0.717, 1.165) is 25.9 Å². The van der Waals surface area contributed by atoms with E-state index in [2.05, 4.69) is 9.88 Å². The van der Waals surface area contributed by atoms with Gasteiger partial charge in [0.05, 0.1) is 6.26 Å². The van der Waals surface area contributed by atoms with Crippen molar-refractivity contribution in [3.63, 3.8) is 0 Å². The number of fused-ring (bicyclic) bond motifs is 1. The van der Waals surface area contributed by atoms with Gasteiger partial charge in [0.15, 0.2) is 0 Å². The number of rotatable bonds is 3. The fraction of sp³-hybridized carbons (Fsp3) is 0.588. The first-order valence-electron chi connectivity index (χ1n) is 9.14. The van der Waals surface area contributed by atoms with Crippen LogP contribution in [0.3, 0.4) is 0 Å². The topological polar surface area (TPSA) is 128 Å². The summed E-state index contributed by atoms with van der Waals surface area (Å²) in [4.78, 5) is 24.2. The highest BCUT2D eigenvalue weighted by atomic mass is 32.2. The number of halogens is 6. The SMILES string of the molecule is CS(=O)(=O)N1CC[C@@H]2[C@@H]1CCN2Cc1ccncc1.O=C(O)C(F)(F)F.O=C(O)C(F)(F)F. The van der Waals surface area contributed by atoms with E-state index in [9.17, 15) is 34.8 Å². The molecule has 2 fully saturated rings. The lowest BCUT2D eigenvalue weighted by molar-refractivity contribution is -0.193. The van der Waals surface area contributed by atoms with Crippen molar-refractivity contribution in [1.82, 2.24) is 14.2 Å². The first kappa shape index (κ1) is 28.6. The number of aliphatic carboxylic acids is 2. The summed E-state index contributed by atoms with van der Waals surface area (Å²) in [6.07, 6.45) is -3.34. The number of nitrogens with zero attached hydrogens (tertiary/aromatic N) is 3. The molecule has 3 rings (SSSR count). The highest BCUT2D eigenvalue weighted by molar-refractivity contribution is 7.88. The van der Waals surface area contributed by atoms with Crippen LogP contribution in [0, 0.1) is 0 Å². The zero-order valence-corrected chi connectivity index (χ0v) is 17.9. The van der Waals surface area contributed by atoms with Gasteiger partial charge in [-0.05, 0) is 30.5 Å². The van der Waals surface area contributed by atoms with Gasteiger partial charge in [-0.15, -0.1) is 0 Å². The van der Waals surface area contributed by atoms with Gasteiger partial charge in [0.1, 0.15) is 0 Å². The first-order chi connectivity index (χ1) is 14.9. The van der Waals surface area contributed by atoms with Crippen molar-refractivity contribution in [1.29, 1.82) is 0 Å². The number of pyridine rings is 1. The summed E-state index contributed by atoms with van der Waals surface area (Å²) in [6.45, 7) is 2.53. The number of sulfonamides is 1. The molecule has 0 spiro atoms. The van der Waals surface area contributed by atoms with Crippen molar-refractivity contribution in [2.45, 2.75) is 43.8 Å². The Morgan fingerprint density at radius 1 is 0.970 bits per heavy atom. The maximum atomic E-state index is 11.7. The predicted octanol–water partition coefficient (Wildman–Crippen LogP) is 1.96. The molecule has 2 aliphatic heterocycles. The minimum Gasteiger partial charge on any atom is -0.475 e. The molecule has 0 aliphatic carbocycles. The number of likely N-dealkylation sites (tertiary alicyclic amines) is 1. The molecule has 2 saturated heterocycles. The van der Waals surface area contributed by atoms with Crippen molar-refractivity contribution in [3.05, 3.63) is 30.1 Å². The molecule has 0 saturated carbocycles. The third-order valence-electron chi connectivity index (χ3n) is 4.69. The number of aromatic nitrogens is 1. The molecule has 33 heavy (non-hydrogen) atoms. The second kappa shape index (κ2) is 11.1. The summed E-state index contributed by atoms with van der Waals surface area (Å²) in [7, 11) is -3.06. The molecule has 0 bridgehead atoms. The van der Waals surface area contributed by atoms with Crippen LogP contribution in [0.25, 0.3) is 0 Å². The second-order valence-corrected chi connectivity index (χ2v) is 8.95. The molecule has 16 heteroatoms. The van der Waals surface area contributed by atoms with Crippen LogP contribution in [-0.2, 0) is 26.2 Å². The number of alkyl halides is 6. The van der Waals surface area contributed by atoms with Gasteiger partial charge in [0.2, 0.25) is 10.0 Å². The molecule has 0 amide bonds. The largest absolute Gasteiger partial charge is 0.490 e. The van der Waals surface area contributed by atoms with Gasteiger partial charge in [-0.1, -0.05) is 0 Å². The Morgan fingerprint density at radius 3 is 1.79 bits per heavy atom. The smallest absolute Gasteiger partial charge is 0.475 e. The Balaban J connectivity index is 0.000000324. The van der Waals surface area contributed by atoms with Gasteiger partial charge < -0.3 is 10.2 Å². The maximum absolute atomic E-state index is 11.7. The number of carboxylic acids is 2. The summed E-state index contributed by atoms with van der Waals surface area (Å²) >= 11 is 0. The molecule has 2 N–H and O–H groups in total. The Kier molecular flexibility index (Phi) is 9.62. The minimum absolute atomic E-state index is 0.178. The Morgan fingerprint density at radius 2 is 1.39 bits per heavy atom. The van der Waals surface area contributed by atoms with Crippen LogP contribution in [0.2, 0.25) is 0 Å². The first-order valence-corrected chi connectivity index (χ1v) is 11.0. The lowest BCUT2D eigenvalue weighted by Gasteiger charge is -2.24. The van der Waals surface area contributed by atoms with Crippen molar-refractivity contribution in [2.24, 2.45) is 0 Å². The van der Waals surface area contributed by atoms with E-state index in [1.54, 1.807) is 16.7 Å². The maximum Gasteiger partial charge on any atom is 0.490 e. The van der Waals surface area contributed by atoms with E-state index >= 15 is 0 Å². The summed E-state index contributed by atoms with van der Waals surface area (Å²) in [5.74, 6) is -5.51. The Bertz CT molecular complexity index is 886. The molecule has 0 aromatic carbocycles. The molecule has 3 heterocycles. The molecular formula is C17H21F6N3O6S. The summed E-state index contributed by atoms with van der Waals surface area (Å²) in [5, 5.41) is 14.2. The van der Waals surface area contributed by atoms with Crippen LogP contribution < -0.4 is 0 Å². The number of hydrogen-bond donors (Lipinski definition) is 2. The molecular weight excluding hydrogens is 488 g/mol. The normalized spacial score (nSPS) is 21.3. The average Bonchev–Trinajstić information content (AvgIpc) is 3.24. The average molecular weight is 509 g/mol. The molecule has 0 radical (unpaired) electrons. The fourth-order valence-electron chi connectivity index (χ4n) is 3.37. The predicted molar refractivity (Wildman–Crippen MR) is 100 cm³/mol. The van der Waals surface area contributed by atoms with Gasteiger partial charge in [0, 0.05) is 44.1 Å². The zero-order chi connectivity index (χ0) is 25.6. The summed E-state index contributed by atoms with van der Waals surface area (Å²) in [5.41, 5.74) is 1.24. The molecule has 1 aromatic heterocycles. The number of carbonyl (C=O) groups is 2. The zero-order valence-electron chi connectivity index (χ0n) is 17.0. The van der Waals surface area contributed by atoms with Crippen molar-refractivity contribution in [3.8, 4) is 0 Å². The van der Waals surface area contributed by atoms with Crippen LogP contribution >= 0.6 is 0 Å². The van der Waals surface area contributed by atoms with E-state index < -0.39 is 34.3 Å². The number of carboxylic acid groups (broad SMARTS) is 2. The fourth-order valence-corrected chi connectivity index (χ4v) is 4.54. The minimum atomic E-state index is -5.08. The van der Waals surface area contributed by atoms with Crippen LogP contribution in [0.5, 0.6) is 0 Å².